The minimum atomic E-state index is 0. The second-order valence-electron chi connectivity index (χ2n) is 7.72. The molecule has 0 aliphatic carbocycles. The van der Waals surface area contributed by atoms with E-state index in [0.29, 0.717) is 6.04 Å². The smallest absolute Gasteiger partial charge is 0.191 e. The number of rotatable bonds is 6. The SMILES string of the molecule is CN=C(NCCN1CCCCC1)NC1CCN(Cc2ccc(Br)cc2)CC1.I. The van der Waals surface area contributed by atoms with Crippen LogP contribution in [0.1, 0.15) is 37.7 Å². The van der Waals surface area contributed by atoms with Crippen LogP contribution in [-0.4, -0.2) is 68.1 Å². The second kappa shape index (κ2) is 13.0. The Morgan fingerprint density at radius 1 is 1.04 bits per heavy atom. The third kappa shape index (κ3) is 8.16. The molecule has 158 valence electrons. The molecule has 0 radical (unpaired) electrons. The molecule has 0 saturated carbocycles. The van der Waals surface area contributed by atoms with Crippen molar-refractivity contribution in [2.24, 2.45) is 4.99 Å². The van der Waals surface area contributed by atoms with Gasteiger partial charge in [0.05, 0.1) is 0 Å². The van der Waals surface area contributed by atoms with Crippen molar-refractivity contribution in [2.45, 2.75) is 44.7 Å². The first kappa shape index (κ1) is 23.9. The molecular weight excluding hydrogens is 529 g/mol. The van der Waals surface area contributed by atoms with E-state index in [1.54, 1.807) is 0 Å². The highest BCUT2D eigenvalue weighted by Crippen LogP contribution is 2.16. The molecule has 0 amide bonds. The number of nitrogens with one attached hydrogen (secondary N) is 2. The Bertz CT molecular complexity index is 581. The molecule has 0 unspecified atom stereocenters. The van der Waals surface area contributed by atoms with E-state index in [0.717, 1.165) is 43.2 Å². The first-order valence-corrected chi connectivity index (χ1v) is 11.2. The Labute approximate surface area is 195 Å². The maximum atomic E-state index is 4.42. The van der Waals surface area contributed by atoms with Gasteiger partial charge in [-0.05, 0) is 56.5 Å². The lowest BCUT2D eigenvalue weighted by Crippen LogP contribution is -2.49. The van der Waals surface area contributed by atoms with Crippen LogP contribution in [0.2, 0.25) is 0 Å². The zero-order valence-electron chi connectivity index (χ0n) is 17.0. The Hall–Kier alpha value is -0.380. The van der Waals surface area contributed by atoms with Crippen LogP contribution in [0.15, 0.2) is 33.7 Å². The van der Waals surface area contributed by atoms with Crippen molar-refractivity contribution in [1.29, 1.82) is 0 Å². The highest BCUT2D eigenvalue weighted by molar-refractivity contribution is 14.0. The summed E-state index contributed by atoms with van der Waals surface area (Å²) in [6, 6.07) is 9.20. The van der Waals surface area contributed by atoms with Gasteiger partial charge in [0.1, 0.15) is 0 Å². The third-order valence-electron chi connectivity index (χ3n) is 5.64. The number of hydrogen-bond donors (Lipinski definition) is 2. The van der Waals surface area contributed by atoms with Crippen LogP contribution >= 0.6 is 39.9 Å². The Morgan fingerprint density at radius 3 is 2.36 bits per heavy atom. The standard InChI is InChI=1S/C21H34BrN5.HI/c1-23-21(24-11-16-26-12-3-2-4-13-26)25-20-9-14-27(15-10-20)17-18-5-7-19(22)8-6-18;/h5-8,20H,2-4,9-17H2,1H3,(H2,23,24,25);1H. The molecule has 0 bridgehead atoms. The molecule has 2 heterocycles. The van der Waals surface area contributed by atoms with E-state index in [1.165, 1.54) is 50.8 Å². The number of hydrogen-bond acceptors (Lipinski definition) is 3. The van der Waals surface area contributed by atoms with Gasteiger partial charge < -0.3 is 15.5 Å². The van der Waals surface area contributed by atoms with Gasteiger partial charge in [0, 0.05) is 50.3 Å². The predicted molar refractivity (Wildman–Crippen MR) is 133 cm³/mol. The van der Waals surface area contributed by atoms with Crippen LogP contribution in [-0.2, 0) is 6.54 Å². The predicted octanol–water partition coefficient (Wildman–Crippen LogP) is 3.68. The number of likely N-dealkylation sites (tertiary alicyclic amines) is 2. The van der Waals surface area contributed by atoms with Crippen molar-refractivity contribution in [3.8, 4) is 0 Å². The van der Waals surface area contributed by atoms with Crippen molar-refractivity contribution in [3.05, 3.63) is 34.3 Å². The lowest BCUT2D eigenvalue weighted by molar-refractivity contribution is 0.198. The van der Waals surface area contributed by atoms with E-state index < -0.39 is 0 Å². The lowest BCUT2D eigenvalue weighted by Gasteiger charge is -2.33. The Balaban J connectivity index is 0.00000280. The molecule has 2 aliphatic rings. The largest absolute Gasteiger partial charge is 0.355 e. The van der Waals surface area contributed by atoms with Crippen LogP contribution in [0.4, 0.5) is 0 Å². The van der Waals surface area contributed by atoms with Gasteiger partial charge in [-0.2, -0.15) is 0 Å². The van der Waals surface area contributed by atoms with Gasteiger partial charge in [-0.3, -0.25) is 9.89 Å². The summed E-state index contributed by atoms with van der Waals surface area (Å²) < 4.78 is 1.15. The maximum Gasteiger partial charge on any atom is 0.191 e. The number of halogens is 2. The van der Waals surface area contributed by atoms with Crippen molar-refractivity contribution >= 4 is 45.9 Å². The number of guanidine groups is 1. The molecular formula is C21H35BrIN5. The quantitative estimate of drug-likeness (QED) is 0.315. The Kier molecular flexibility index (Phi) is 11.1. The zero-order valence-corrected chi connectivity index (χ0v) is 20.9. The minimum absolute atomic E-state index is 0. The normalized spacial score (nSPS) is 19.9. The molecule has 7 heteroatoms. The van der Waals surface area contributed by atoms with Crippen LogP contribution < -0.4 is 10.6 Å². The van der Waals surface area contributed by atoms with Gasteiger partial charge in [-0.15, -0.1) is 24.0 Å². The molecule has 1 aromatic carbocycles. The molecule has 2 aliphatic heterocycles. The van der Waals surface area contributed by atoms with Gasteiger partial charge in [-0.1, -0.05) is 34.5 Å². The first-order valence-electron chi connectivity index (χ1n) is 10.4. The third-order valence-corrected chi connectivity index (χ3v) is 6.17. The summed E-state index contributed by atoms with van der Waals surface area (Å²) in [5, 5.41) is 7.12. The number of benzene rings is 1. The van der Waals surface area contributed by atoms with Crippen LogP contribution in [0.5, 0.6) is 0 Å². The maximum absolute atomic E-state index is 4.42. The van der Waals surface area contributed by atoms with E-state index in [-0.39, 0.29) is 24.0 Å². The van der Waals surface area contributed by atoms with Gasteiger partial charge in [-0.25, -0.2) is 0 Å². The summed E-state index contributed by atoms with van der Waals surface area (Å²) >= 11 is 3.51. The average Bonchev–Trinajstić information content (AvgIpc) is 2.71. The first-order chi connectivity index (χ1) is 13.2. The molecule has 2 saturated heterocycles. The second-order valence-corrected chi connectivity index (χ2v) is 8.64. The molecule has 0 spiro atoms. The fourth-order valence-electron chi connectivity index (χ4n) is 3.99. The summed E-state index contributed by atoms with van der Waals surface area (Å²) in [5.74, 6) is 0.957. The van der Waals surface area contributed by atoms with Crippen LogP contribution in [0.25, 0.3) is 0 Å². The molecule has 5 nitrogen and oxygen atoms in total. The van der Waals surface area contributed by atoms with Crippen molar-refractivity contribution in [1.82, 2.24) is 20.4 Å². The summed E-state index contributed by atoms with van der Waals surface area (Å²) in [6.07, 6.45) is 6.44. The van der Waals surface area contributed by atoms with E-state index >= 15 is 0 Å². The van der Waals surface area contributed by atoms with Gasteiger partial charge >= 0.3 is 0 Å². The summed E-state index contributed by atoms with van der Waals surface area (Å²) in [6.45, 7) is 7.92. The summed E-state index contributed by atoms with van der Waals surface area (Å²) in [4.78, 5) is 9.53. The van der Waals surface area contributed by atoms with Crippen molar-refractivity contribution in [2.75, 3.05) is 46.3 Å². The highest BCUT2D eigenvalue weighted by Gasteiger charge is 2.20. The molecule has 2 N–H and O–H groups in total. The van der Waals surface area contributed by atoms with E-state index in [9.17, 15) is 0 Å². The highest BCUT2D eigenvalue weighted by atomic mass is 127. The Morgan fingerprint density at radius 2 is 1.71 bits per heavy atom. The van der Waals surface area contributed by atoms with E-state index in [2.05, 4.69) is 65.6 Å². The molecule has 2 fully saturated rings. The average molecular weight is 564 g/mol. The lowest BCUT2D eigenvalue weighted by atomic mass is 10.0. The number of piperidine rings is 2. The topological polar surface area (TPSA) is 42.9 Å². The number of aliphatic imine (C=N–C) groups is 1. The molecule has 0 atom stereocenters. The zero-order chi connectivity index (χ0) is 18.9. The van der Waals surface area contributed by atoms with E-state index in [1.807, 2.05) is 7.05 Å². The molecule has 0 aromatic heterocycles. The number of nitrogens with zero attached hydrogens (tertiary/aromatic N) is 3. The van der Waals surface area contributed by atoms with Crippen molar-refractivity contribution in [3.63, 3.8) is 0 Å². The van der Waals surface area contributed by atoms with Gasteiger partial charge in [0.15, 0.2) is 5.96 Å². The molecule has 1 aromatic rings. The fourth-order valence-corrected chi connectivity index (χ4v) is 4.25. The van der Waals surface area contributed by atoms with Gasteiger partial charge in [0.25, 0.3) is 0 Å². The van der Waals surface area contributed by atoms with Crippen LogP contribution in [0.3, 0.4) is 0 Å². The van der Waals surface area contributed by atoms with Gasteiger partial charge in [0.2, 0.25) is 0 Å². The van der Waals surface area contributed by atoms with Crippen LogP contribution in [0, 0.1) is 0 Å². The monoisotopic (exact) mass is 563 g/mol. The van der Waals surface area contributed by atoms with E-state index in [4.69, 9.17) is 0 Å². The molecule has 28 heavy (non-hydrogen) atoms. The summed E-state index contributed by atoms with van der Waals surface area (Å²) in [7, 11) is 1.87. The fraction of sp³-hybridized carbons (Fsp3) is 0.667. The van der Waals surface area contributed by atoms with Crippen molar-refractivity contribution < 1.29 is 0 Å². The summed E-state index contributed by atoms with van der Waals surface area (Å²) in [5.41, 5.74) is 1.39. The molecule has 3 rings (SSSR count). The minimum Gasteiger partial charge on any atom is -0.355 e.